The van der Waals surface area contributed by atoms with Gasteiger partial charge in [0.05, 0.1) is 5.52 Å². The Kier molecular flexibility index (Phi) is 3.10. The second kappa shape index (κ2) is 4.75. The first-order chi connectivity index (χ1) is 8.79. The maximum Gasteiger partial charge on any atom is 0.159 e. The van der Waals surface area contributed by atoms with Crippen LogP contribution in [0.2, 0.25) is 5.15 Å². The van der Waals surface area contributed by atoms with Gasteiger partial charge in [-0.3, -0.25) is 0 Å². The first-order valence-electron chi connectivity index (χ1n) is 6.21. The number of benzene rings is 1. The molecule has 94 valence electrons. The summed E-state index contributed by atoms with van der Waals surface area (Å²) in [6.07, 6.45) is 5.13. The lowest BCUT2D eigenvalue weighted by molar-refractivity contribution is -0.0366. The third-order valence-electron chi connectivity index (χ3n) is 3.35. The molecule has 0 spiro atoms. The second-order valence-corrected chi connectivity index (χ2v) is 4.90. The van der Waals surface area contributed by atoms with Crippen LogP contribution in [0.15, 0.2) is 24.8 Å². The first-order valence-corrected chi connectivity index (χ1v) is 6.59. The number of halogens is 1. The van der Waals surface area contributed by atoms with Crippen LogP contribution in [0.3, 0.4) is 0 Å². The molecule has 18 heavy (non-hydrogen) atoms. The standard InChI is InChI=1S/C14H15ClN2O/c1-2-10-6-7-12-11(9-10)14(15)16-17(12)13-5-3-4-8-18-13/h2,6-7,9,13H,1,3-5,8H2. The van der Waals surface area contributed by atoms with E-state index in [-0.39, 0.29) is 6.23 Å². The molecular formula is C14H15ClN2O. The molecule has 3 nitrogen and oxygen atoms in total. The zero-order chi connectivity index (χ0) is 12.5. The van der Waals surface area contributed by atoms with Crippen LogP contribution in [0.4, 0.5) is 0 Å². The number of nitrogens with zero attached hydrogens (tertiary/aromatic N) is 2. The number of aromatic nitrogens is 2. The summed E-state index contributed by atoms with van der Waals surface area (Å²) >= 11 is 6.20. The quantitative estimate of drug-likeness (QED) is 0.817. The molecule has 1 atom stereocenters. The van der Waals surface area contributed by atoms with E-state index in [0.29, 0.717) is 5.15 Å². The molecule has 1 aromatic carbocycles. The molecule has 0 bridgehead atoms. The fourth-order valence-electron chi connectivity index (χ4n) is 2.38. The molecule has 1 fully saturated rings. The highest BCUT2D eigenvalue weighted by atomic mass is 35.5. The summed E-state index contributed by atoms with van der Waals surface area (Å²) in [7, 11) is 0. The Balaban J connectivity index is 2.09. The van der Waals surface area contributed by atoms with Gasteiger partial charge in [0.25, 0.3) is 0 Å². The Labute approximate surface area is 111 Å². The van der Waals surface area contributed by atoms with Crippen molar-refractivity contribution in [3.05, 3.63) is 35.5 Å². The molecule has 1 aliphatic heterocycles. The SMILES string of the molecule is C=Cc1ccc2c(c1)c(Cl)nn2C1CCCCO1. The number of hydrogen-bond donors (Lipinski definition) is 0. The Morgan fingerprint density at radius 2 is 2.33 bits per heavy atom. The van der Waals surface area contributed by atoms with Gasteiger partial charge in [0.15, 0.2) is 11.4 Å². The highest BCUT2D eigenvalue weighted by Crippen LogP contribution is 2.30. The fraction of sp³-hybridized carbons (Fsp3) is 0.357. The average molecular weight is 263 g/mol. The second-order valence-electron chi connectivity index (χ2n) is 4.54. The van der Waals surface area contributed by atoms with Crippen molar-refractivity contribution >= 4 is 28.6 Å². The lowest BCUT2D eigenvalue weighted by Crippen LogP contribution is -2.18. The Morgan fingerprint density at radius 3 is 3.06 bits per heavy atom. The molecule has 0 N–H and O–H groups in total. The van der Waals surface area contributed by atoms with Crippen molar-refractivity contribution in [1.82, 2.24) is 9.78 Å². The summed E-state index contributed by atoms with van der Waals surface area (Å²) in [5.74, 6) is 0. The summed E-state index contributed by atoms with van der Waals surface area (Å²) < 4.78 is 7.67. The third kappa shape index (κ3) is 1.93. The molecule has 0 radical (unpaired) electrons. The van der Waals surface area contributed by atoms with Crippen LogP contribution in [0.25, 0.3) is 17.0 Å². The molecule has 1 unspecified atom stereocenters. The summed E-state index contributed by atoms with van der Waals surface area (Å²) in [5, 5.41) is 5.90. The molecule has 0 aliphatic carbocycles. The first kappa shape index (κ1) is 11.8. The van der Waals surface area contributed by atoms with E-state index in [2.05, 4.69) is 11.7 Å². The molecule has 4 heteroatoms. The van der Waals surface area contributed by atoms with Crippen molar-refractivity contribution in [2.75, 3.05) is 6.61 Å². The minimum Gasteiger partial charge on any atom is -0.356 e. The maximum absolute atomic E-state index is 6.20. The number of ether oxygens (including phenoxy) is 1. The topological polar surface area (TPSA) is 27.1 Å². The van der Waals surface area contributed by atoms with Crippen LogP contribution in [-0.4, -0.2) is 16.4 Å². The molecule has 0 amide bonds. The van der Waals surface area contributed by atoms with E-state index in [0.717, 1.165) is 35.9 Å². The summed E-state index contributed by atoms with van der Waals surface area (Å²) in [4.78, 5) is 0. The zero-order valence-corrected chi connectivity index (χ0v) is 10.9. The Bertz CT molecular complexity index is 585. The van der Waals surface area contributed by atoms with Crippen LogP contribution in [0.1, 0.15) is 31.1 Å². The van der Waals surface area contributed by atoms with E-state index < -0.39 is 0 Å². The summed E-state index contributed by atoms with van der Waals surface area (Å²) in [5.41, 5.74) is 2.08. The maximum atomic E-state index is 6.20. The number of hydrogen-bond acceptors (Lipinski definition) is 2. The highest BCUT2D eigenvalue weighted by molar-refractivity contribution is 6.34. The van der Waals surface area contributed by atoms with Crippen LogP contribution in [0.5, 0.6) is 0 Å². The van der Waals surface area contributed by atoms with Gasteiger partial charge in [-0.25, -0.2) is 4.68 Å². The predicted molar refractivity (Wildman–Crippen MR) is 73.7 cm³/mol. The minimum atomic E-state index is 0.0170. The van der Waals surface area contributed by atoms with Gasteiger partial charge in [0.2, 0.25) is 0 Å². The van der Waals surface area contributed by atoms with Gasteiger partial charge >= 0.3 is 0 Å². The van der Waals surface area contributed by atoms with Crippen molar-refractivity contribution in [3.63, 3.8) is 0 Å². The van der Waals surface area contributed by atoms with Crippen molar-refractivity contribution in [2.24, 2.45) is 0 Å². The van der Waals surface area contributed by atoms with Gasteiger partial charge in [-0.1, -0.05) is 30.3 Å². The monoisotopic (exact) mass is 262 g/mol. The Morgan fingerprint density at radius 1 is 1.44 bits per heavy atom. The molecular weight excluding hydrogens is 248 g/mol. The smallest absolute Gasteiger partial charge is 0.159 e. The highest BCUT2D eigenvalue weighted by Gasteiger charge is 2.20. The molecule has 1 saturated heterocycles. The van der Waals surface area contributed by atoms with Crippen molar-refractivity contribution in [1.29, 1.82) is 0 Å². The van der Waals surface area contributed by atoms with Gasteiger partial charge in [-0.05, 0) is 37.0 Å². The van der Waals surface area contributed by atoms with E-state index in [4.69, 9.17) is 16.3 Å². The molecule has 0 saturated carbocycles. The molecule has 2 aromatic rings. The van der Waals surface area contributed by atoms with Crippen LogP contribution in [-0.2, 0) is 4.74 Å². The van der Waals surface area contributed by atoms with E-state index in [1.54, 1.807) is 0 Å². The van der Waals surface area contributed by atoms with Crippen LogP contribution >= 0.6 is 11.6 Å². The van der Waals surface area contributed by atoms with Crippen LogP contribution < -0.4 is 0 Å². The molecule has 1 aliphatic rings. The molecule has 2 heterocycles. The predicted octanol–water partition coefficient (Wildman–Crippen LogP) is 4.03. The number of rotatable bonds is 2. The largest absolute Gasteiger partial charge is 0.356 e. The van der Waals surface area contributed by atoms with Crippen molar-refractivity contribution < 1.29 is 4.74 Å². The normalized spacial score (nSPS) is 20.2. The van der Waals surface area contributed by atoms with Crippen molar-refractivity contribution in [3.8, 4) is 0 Å². The lowest BCUT2D eigenvalue weighted by atomic mass is 10.1. The molecule has 1 aromatic heterocycles. The lowest BCUT2D eigenvalue weighted by Gasteiger charge is -2.23. The van der Waals surface area contributed by atoms with E-state index in [1.807, 2.05) is 29.0 Å². The number of fused-ring (bicyclic) bond motifs is 1. The zero-order valence-electron chi connectivity index (χ0n) is 10.1. The van der Waals surface area contributed by atoms with E-state index in [1.165, 1.54) is 6.42 Å². The van der Waals surface area contributed by atoms with Gasteiger partial charge in [-0.2, -0.15) is 5.10 Å². The third-order valence-corrected chi connectivity index (χ3v) is 3.63. The summed E-state index contributed by atoms with van der Waals surface area (Å²) in [6, 6.07) is 6.06. The average Bonchev–Trinajstić information content (AvgIpc) is 2.77. The van der Waals surface area contributed by atoms with Gasteiger partial charge < -0.3 is 4.74 Å². The van der Waals surface area contributed by atoms with E-state index in [9.17, 15) is 0 Å². The van der Waals surface area contributed by atoms with Gasteiger partial charge in [-0.15, -0.1) is 0 Å². The van der Waals surface area contributed by atoms with E-state index >= 15 is 0 Å². The van der Waals surface area contributed by atoms with Crippen molar-refractivity contribution in [2.45, 2.75) is 25.5 Å². The van der Waals surface area contributed by atoms with Gasteiger partial charge in [0.1, 0.15) is 0 Å². The Hall–Kier alpha value is -1.32. The summed E-state index contributed by atoms with van der Waals surface area (Å²) in [6.45, 7) is 4.57. The molecule has 3 rings (SSSR count). The van der Waals surface area contributed by atoms with Crippen LogP contribution in [0, 0.1) is 0 Å². The fourth-order valence-corrected chi connectivity index (χ4v) is 2.62. The minimum absolute atomic E-state index is 0.0170. The van der Waals surface area contributed by atoms with Gasteiger partial charge in [0, 0.05) is 12.0 Å².